The minimum Gasteiger partial charge on any atom is -0.368 e. The molecular formula is C13H23N3O. The first-order valence-electron chi connectivity index (χ1n) is 6.33. The van der Waals surface area contributed by atoms with E-state index in [0.29, 0.717) is 19.1 Å². The highest BCUT2D eigenvalue weighted by molar-refractivity contribution is 6.07. The van der Waals surface area contributed by atoms with Crippen molar-refractivity contribution >= 4 is 11.6 Å². The molecule has 0 aliphatic carbocycles. The number of likely N-dealkylation sites (N-methyl/N-ethyl adjacent to an activating group) is 1. The Bertz CT molecular complexity index is 328. The Hall–Kier alpha value is -1.16. The molecule has 1 aliphatic heterocycles. The SMILES string of the molecule is CCN(CC)CC(=O)C1=CC(NC(C)C)=NC1. The molecule has 0 aromatic rings. The standard InChI is InChI=1S/C13H23N3O/c1-5-16(6-2)9-12(17)11-7-13(14-8-11)15-10(3)4/h7,10H,5-6,8-9H2,1-4H3,(H,14,15). The summed E-state index contributed by atoms with van der Waals surface area (Å²) in [6, 6.07) is 0.349. The van der Waals surface area contributed by atoms with Gasteiger partial charge in [0.25, 0.3) is 0 Å². The van der Waals surface area contributed by atoms with Gasteiger partial charge >= 0.3 is 0 Å². The zero-order valence-electron chi connectivity index (χ0n) is 11.3. The molecule has 1 N–H and O–H groups in total. The quantitative estimate of drug-likeness (QED) is 0.756. The maximum Gasteiger partial charge on any atom is 0.174 e. The minimum atomic E-state index is 0.193. The fourth-order valence-electron chi connectivity index (χ4n) is 1.73. The van der Waals surface area contributed by atoms with Crippen LogP contribution < -0.4 is 5.32 Å². The molecule has 0 fully saturated rings. The molecule has 0 saturated carbocycles. The smallest absolute Gasteiger partial charge is 0.174 e. The summed E-state index contributed by atoms with van der Waals surface area (Å²) >= 11 is 0. The molecule has 4 nitrogen and oxygen atoms in total. The molecule has 0 saturated heterocycles. The van der Waals surface area contributed by atoms with Crippen LogP contribution in [0.3, 0.4) is 0 Å². The molecule has 1 rings (SSSR count). The average Bonchev–Trinajstić information content (AvgIpc) is 2.73. The van der Waals surface area contributed by atoms with E-state index >= 15 is 0 Å². The van der Waals surface area contributed by atoms with Gasteiger partial charge in [-0.3, -0.25) is 14.7 Å². The number of Topliss-reactive ketones (excluding diaryl/α,β-unsaturated/α-hetero) is 1. The van der Waals surface area contributed by atoms with Gasteiger partial charge in [-0.05, 0) is 33.0 Å². The van der Waals surface area contributed by atoms with Gasteiger partial charge < -0.3 is 5.32 Å². The number of hydrogen-bond acceptors (Lipinski definition) is 4. The van der Waals surface area contributed by atoms with E-state index in [1.54, 1.807) is 0 Å². The molecular weight excluding hydrogens is 214 g/mol. The molecule has 1 aliphatic rings. The van der Waals surface area contributed by atoms with Crippen molar-refractivity contribution in [1.29, 1.82) is 0 Å². The fourth-order valence-corrected chi connectivity index (χ4v) is 1.73. The van der Waals surface area contributed by atoms with Crippen molar-refractivity contribution in [2.75, 3.05) is 26.2 Å². The summed E-state index contributed by atoms with van der Waals surface area (Å²) in [7, 11) is 0. The minimum absolute atomic E-state index is 0.193. The zero-order valence-corrected chi connectivity index (χ0v) is 11.3. The lowest BCUT2D eigenvalue weighted by atomic mass is 10.1. The fraction of sp³-hybridized carbons (Fsp3) is 0.692. The molecule has 0 aromatic heterocycles. The molecule has 0 spiro atoms. The first kappa shape index (κ1) is 13.9. The van der Waals surface area contributed by atoms with Gasteiger partial charge in [-0.2, -0.15) is 0 Å². The zero-order chi connectivity index (χ0) is 12.8. The predicted molar refractivity (Wildman–Crippen MR) is 71.5 cm³/mol. The Balaban J connectivity index is 2.50. The monoisotopic (exact) mass is 237 g/mol. The average molecular weight is 237 g/mol. The van der Waals surface area contributed by atoms with Crippen LogP contribution in [0.1, 0.15) is 27.7 Å². The topological polar surface area (TPSA) is 44.7 Å². The predicted octanol–water partition coefficient (Wildman–Crippen LogP) is 1.23. The number of amidine groups is 1. The second-order valence-corrected chi connectivity index (χ2v) is 4.55. The Kier molecular flexibility index (Phi) is 5.35. The second-order valence-electron chi connectivity index (χ2n) is 4.55. The van der Waals surface area contributed by atoms with Crippen molar-refractivity contribution in [2.24, 2.45) is 4.99 Å². The summed E-state index contributed by atoms with van der Waals surface area (Å²) in [5.41, 5.74) is 0.819. The number of ketones is 1. The number of rotatable bonds is 6. The van der Waals surface area contributed by atoms with Crippen LogP contribution in [0.4, 0.5) is 0 Å². The number of nitrogens with zero attached hydrogens (tertiary/aromatic N) is 2. The van der Waals surface area contributed by atoms with Gasteiger partial charge in [0, 0.05) is 11.6 Å². The lowest BCUT2D eigenvalue weighted by molar-refractivity contribution is -0.116. The summed E-state index contributed by atoms with van der Waals surface area (Å²) < 4.78 is 0. The lowest BCUT2D eigenvalue weighted by Crippen LogP contribution is -2.30. The molecule has 4 heteroatoms. The highest BCUT2D eigenvalue weighted by atomic mass is 16.1. The van der Waals surface area contributed by atoms with Crippen molar-refractivity contribution in [3.05, 3.63) is 11.6 Å². The van der Waals surface area contributed by atoms with Gasteiger partial charge in [0.15, 0.2) is 5.78 Å². The molecule has 0 radical (unpaired) electrons. The van der Waals surface area contributed by atoms with Crippen molar-refractivity contribution < 1.29 is 4.79 Å². The van der Waals surface area contributed by atoms with Crippen molar-refractivity contribution in [2.45, 2.75) is 33.7 Å². The van der Waals surface area contributed by atoms with E-state index in [1.807, 2.05) is 6.08 Å². The second kappa shape index (κ2) is 6.55. The molecule has 17 heavy (non-hydrogen) atoms. The lowest BCUT2D eigenvalue weighted by Gasteiger charge is -2.16. The highest BCUT2D eigenvalue weighted by Gasteiger charge is 2.17. The molecule has 0 bridgehead atoms. The molecule has 0 unspecified atom stereocenters. The Morgan fingerprint density at radius 2 is 2.12 bits per heavy atom. The first-order chi connectivity index (χ1) is 8.06. The van der Waals surface area contributed by atoms with E-state index in [4.69, 9.17) is 0 Å². The third kappa shape index (κ3) is 4.30. The van der Waals surface area contributed by atoms with Crippen LogP contribution in [-0.4, -0.2) is 48.7 Å². The van der Waals surface area contributed by atoms with Crippen LogP contribution in [0, 0.1) is 0 Å². The van der Waals surface area contributed by atoms with Crippen molar-refractivity contribution in [1.82, 2.24) is 10.2 Å². The van der Waals surface area contributed by atoms with Crippen LogP contribution in [0.2, 0.25) is 0 Å². The van der Waals surface area contributed by atoms with Gasteiger partial charge in [0.1, 0.15) is 5.84 Å². The number of aliphatic imine (C=N–C) groups is 1. The number of carbonyl (C=O) groups excluding carboxylic acids is 1. The molecule has 0 atom stereocenters. The van der Waals surface area contributed by atoms with E-state index in [2.05, 4.69) is 42.9 Å². The molecule has 96 valence electrons. The summed E-state index contributed by atoms with van der Waals surface area (Å²) in [4.78, 5) is 18.4. The highest BCUT2D eigenvalue weighted by Crippen LogP contribution is 2.07. The van der Waals surface area contributed by atoms with Gasteiger partial charge in [0.05, 0.1) is 13.1 Å². The molecule has 0 aromatic carbocycles. The first-order valence-corrected chi connectivity index (χ1v) is 6.33. The Morgan fingerprint density at radius 3 is 2.65 bits per heavy atom. The Labute approximate surface area is 104 Å². The van der Waals surface area contributed by atoms with Gasteiger partial charge in [0.2, 0.25) is 0 Å². The normalized spacial score (nSPS) is 15.2. The van der Waals surface area contributed by atoms with E-state index in [0.717, 1.165) is 24.5 Å². The van der Waals surface area contributed by atoms with Gasteiger partial charge in [-0.1, -0.05) is 13.8 Å². The largest absolute Gasteiger partial charge is 0.368 e. The summed E-state index contributed by atoms with van der Waals surface area (Å²) in [6.07, 6.45) is 1.88. The van der Waals surface area contributed by atoms with Crippen LogP contribution in [0.25, 0.3) is 0 Å². The van der Waals surface area contributed by atoms with E-state index < -0.39 is 0 Å². The van der Waals surface area contributed by atoms with Crippen LogP contribution in [-0.2, 0) is 4.79 Å². The summed E-state index contributed by atoms with van der Waals surface area (Å²) in [5, 5.41) is 3.22. The van der Waals surface area contributed by atoms with Crippen molar-refractivity contribution in [3.8, 4) is 0 Å². The van der Waals surface area contributed by atoms with Crippen LogP contribution in [0.5, 0.6) is 0 Å². The van der Waals surface area contributed by atoms with Gasteiger partial charge in [-0.25, -0.2) is 0 Å². The maximum absolute atomic E-state index is 12.0. The molecule has 1 heterocycles. The van der Waals surface area contributed by atoms with Crippen LogP contribution >= 0.6 is 0 Å². The number of nitrogens with one attached hydrogen (secondary N) is 1. The van der Waals surface area contributed by atoms with E-state index in [1.165, 1.54) is 0 Å². The summed E-state index contributed by atoms with van der Waals surface area (Å²) in [5.74, 6) is 1.03. The third-order valence-electron chi connectivity index (χ3n) is 2.79. The maximum atomic E-state index is 12.0. The summed E-state index contributed by atoms with van der Waals surface area (Å²) in [6.45, 7) is 11.1. The Morgan fingerprint density at radius 1 is 1.47 bits per heavy atom. The van der Waals surface area contributed by atoms with E-state index in [9.17, 15) is 4.79 Å². The van der Waals surface area contributed by atoms with Crippen LogP contribution in [0.15, 0.2) is 16.6 Å². The number of hydrogen-bond donors (Lipinski definition) is 1. The molecule has 0 amide bonds. The van der Waals surface area contributed by atoms with Crippen molar-refractivity contribution in [3.63, 3.8) is 0 Å². The third-order valence-corrected chi connectivity index (χ3v) is 2.79. The number of carbonyl (C=O) groups is 1. The van der Waals surface area contributed by atoms with E-state index in [-0.39, 0.29) is 5.78 Å². The van der Waals surface area contributed by atoms with Gasteiger partial charge in [-0.15, -0.1) is 0 Å².